The first-order valence-electron chi connectivity index (χ1n) is 5.67. The van der Waals surface area contributed by atoms with Crippen LogP contribution in [0.15, 0.2) is 11.8 Å². The lowest BCUT2D eigenvalue weighted by molar-refractivity contribution is 0.119. The van der Waals surface area contributed by atoms with Crippen LogP contribution < -0.4 is 5.32 Å². The Morgan fingerprint density at radius 2 is 1.93 bits per heavy atom. The second-order valence-corrected chi connectivity index (χ2v) is 4.06. The smallest absolute Gasteiger partial charge is 0.321 e. The van der Waals surface area contributed by atoms with E-state index in [0.717, 1.165) is 52.0 Å². The van der Waals surface area contributed by atoms with E-state index in [1.54, 1.807) is 0 Å². The summed E-state index contributed by atoms with van der Waals surface area (Å²) in [6, 6.07) is 0.0477. The SMILES string of the molecule is O=C(NC=C1CCOCC1)N1CCCC1. The molecule has 0 unspecified atom stereocenters. The number of likely N-dealkylation sites (tertiary alicyclic amines) is 1. The molecule has 2 aliphatic heterocycles. The molecule has 0 atom stereocenters. The minimum Gasteiger partial charge on any atom is -0.381 e. The third kappa shape index (κ3) is 2.96. The van der Waals surface area contributed by atoms with Crippen LogP contribution in [-0.2, 0) is 4.74 Å². The van der Waals surface area contributed by atoms with E-state index in [0.29, 0.717) is 0 Å². The molecule has 84 valence electrons. The highest BCUT2D eigenvalue weighted by atomic mass is 16.5. The first kappa shape index (κ1) is 10.5. The Bertz CT molecular complexity index is 249. The maximum atomic E-state index is 11.6. The fraction of sp³-hybridized carbons (Fsp3) is 0.727. The highest BCUT2D eigenvalue weighted by Gasteiger charge is 2.16. The van der Waals surface area contributed by atoms with Gasteiger partial charge in [0.1, 0.15) is 0 Å². The number of carbonyl (C=O) groups excluding carboxylic acids is 1. The van der Waals surface area contributed by atoms with Crippen LogP contribution in [0.3, 0.4) is 0 Å². The Morgan fingerprint density at radius 1 is 1.27 bits per heavy atom. The van der Waals surface area contributed by atoms with Crippen molar-refractivity contribution < 1.29 is 9.53 Å². The van der Waals surface area contributed by atoms with Crippen LogP contribution in [0.1, 0.15) is 25.7 Å². The molecule has 0 aromatic carbocycles. The van der Waals surface area contributed by atoms with Gasteiger partial charge in [0.05, 0.1) is 13.2 Å². The van der Waals surface area contributed by atoms with Crippen LogP contribution in [0.5, 0.6) is 0 Å². The molecule has 2 fully saturated rings. The summed E-state index contributed by atoms with van der Waals surface area (Å²) in [4.78, 5) is 13.5. The summed E-state index contributed by atoms with van der Waals surface area (Å²) in [7, 11) is 0. The zero-order valence-electron chi connectivity index (χ0n) is 9.00. The van der Waals surface area contributed by atoms with Crippen molar-refractivity contribution in [1.29, 1.82) is 0 Å². The Hall–Kier alpha value is -1.03. The van der Waals surface area contributed by atoms with E-state index in [9.17, 15) is 4.79 Å². The standard InChI is InChI=1S/C11H18N2O2/c14-11(13-5-1-2-6-13)12-9-10-3-7-15-8-4-10/h9H,1-8H2,(H,12,14). The number of urea groups is 1. The molecule has 15 heavy (non-hydrogen) atoms. The number of nitrogens with zero attached hydrogens (tertiary/aromatic N) is 1. The largest absolute Gasteiger partial charge is 0.381 e. The summed E-state index contributed by atoms with van der Waals surface area (Å²) < 4.78 is 5.24. The van der Waals surface area contributed by atoms with E-state index < -0.39 is 0 Å². The Kier molecular flexibility index (Phi) is 3.61. The highest BCUT2D eigenvalue weighted by molar-refractivity contribution is 5.75. The van der Waals surface area contributed by atoms with E-state index in [1.165, 1.54) is 5.57 Å². The molecule has 0 aromatic rings. The number of carbonyl (C=O) groups is 1. The second kappa shape index (κ2) is 5.16. The van der Waals surface area contributed by atoms with Crippen molar-refractivity contribution in [2.45, 2.75) is 25.7 Å². The summed E-state index contributed by atoms with van der Waals surface area (Å²) in [6.45, 7) is 3.37. The molecule has 2 amide bonds. The molecule has 1 N–H and O–H groups in total. The van der Waals surface area contributed by atoms with Crippen molar-refractivity contribution in [3.05, 3.63) is 11.8 Å². The lowest BCUT2D eigenvalue weighted by Gasteiger charge is -2.17. The molecule has 2 aliphatic rings. The fourth-order valence-electron chi connectivity index (χ4n) is 1.95. The van der Waals surface area contributed by atoms with Gasteiger partial charge in [-0.15, -0.1) is 0 Å². The van der Waals surface area contributed by atoms with Crippen LogP contribution in [0.2, 0.25) is 0 Å². The molecule has 2 heterocycles. The fourth-order valence-corrected chi connectivity index (χ4v) is 1.95. The van der Waals surface area contributed by atoms with Gasteiger partial charge in [0.25, 0.3) is 0 Å². The summed E-state index contributed by atoms with van der Waals surface area (Å²) in [5.74, 6) is 0. The average Bonchev–Trinajstić information content (AvgIpc) is 2.81. The van der Waals surface area contributed by atoms with Gasteiger partial charge in [-0.25, -0.2) is 4.79 Å². The van der Waals surface area contributed by atoms with Crippen LogP contribution >= 0.6 is 0 Å². The van der Waals surface area contributed by atoms with E-state index >= 15 is 0 Å². The van der Waals surface area contributed by atoms with Crippen LogP contribution in [0.4, 0.5) is 4.79 Å². The van der Waals surface area contributed by atoms with Crippen molar-refractivity contribution in [2.75, 3.05) is 26.3 Å². The minimum atomic E-state index is 0.0477. The zero-order valence-corrected chi connectivity index (χ0v) is 9.00. The second-order valence-electron chi connectivity index (χ2n) is 4.06. The van der Waals surface area contributed by atoms with Crippen LogP contribution in [0, 0.1) is 0 Å². The Morgan fingerprint density at radius 3 is 2.60 bits per heavy atom. The predicted molar refractivity (Wildman–Crippen MR) is 57.5 cm³/mol. The van der Waals surface area contributed by atoms with Gasteiger partial charge in [0.15, 0.2) is 0 Å². The number of ether oxygens (including phenoxy) is 1. The molecule has 0 aromatic heterocycles. The number of amides is 2. The van der Waals surface area contributed by atoms with Crippen molar-refractivity contribution in [2.24, 2.45) is 0 Å². The molecule has 0 radical (unpaired) electrons. The first-order valence-corrected chi connectivity index (χ1v) is 5.67. The van der Waals surface area contributed by atoms with Crippen molar-refractivity contribution >= 4 is 6.03 Å². The summed E-state index contributed by atoms with van der Waals surface area (Å²) in [6.07, 6.45) is 6.03. The maximum Gasteiger partial charge on any atom is 0.321 e. The molecular weight excluding hydrogens is 192 g/mol. The average molecular weight is 210 g/mol. The van der Waals surface area contributed by atoms with Crippen molar-refractivity contribution in [3.63, 3.8) is 0 Å². The lowest BCUT2D eigenvalue weighted by Crippen LogP contribution is -2.35. The van der Waals surface area contributed by atoms with Crippen LogP contribution in [-0.4, -0.2) is 37.2 Å². The van der Waals surface area contributed by atoms with Gasteiger partial charge < -0.3 is 15.0 Å². The molecule has 2 saturated heterocycles. The normalized spacial score (nSPS) is 21.6. The van der Waals surface area contributed by atoms with Crippen molar-refractivity contribution in [3.8, 4) is 0 Å². The summed E-state index contributed by atoms with van der Waals surface area (Å²) >= 11 is 0. The van der Waals surface area contributed by atoms with Gasteiger partial charge >= 0.3 is 6.03 Å². The third-order valence-electron chi connectivity index (χ3n) is 2.93. The summed E-state index contributed by atoms with van der Waals surface area (Å²) in [5.41, 5.74) is 1.29. The number of hydrogen-bond donors (Lipinski definition) is 1. The number of rotatable bonds is 1. The minimum absolute atomic E-state index is 0.0477. The van der Waals surface area contributed by atoms with Gasteiger partial charge in [-0.2, -0.15) is 0 Å². The molecule has 0 saturated carbocycles. The van der Waals surface area contributed by atoms with Crippen molar-refractivity contribution in [1.82, 2.24) is 10.2 Å². The third-order valence-corrected chi connectivity index (χ3v) is 2.93. The van der Waals surface area contributed by atoms with E-state index in [4.69, 9.17) is 4.74 Å². The zero-order chi connectivity index (χ0) is 10.5. The molecule has 0 spiro atoms. The van der Waals surface area contributed by atoms with E-state index in [-0.39, 0.29) is 6.03 Å². The van der Waals surface area contributed by atoms with Gasteiger partial charge in [0, 0.05) is 19.3 Å². The van der Waals surface area contributed by atoms with E-state index in [2.05, 4.69) is 5.32 Å². The van der Waals surface area contributed by atoms with Gasteiger partial charge in [-0.05, 0) is 31.3 Å². The van der Waals surface area contributed by atoms with Gasteiger partial charge in [0.2, 0.25) is 0 Å². The molecule has 2 rings (SSSR count). The number of nitrogens with one attached hydrogen (secondary N) is 1. The van der Waals surface area contributed by atoms with E-state index in [1.807, 2.05) is 11.1 Å². The maximum absolute atomic E-state index is 11.6. The predicted octanol–water partition coefficient (Wildman–Crippen LogP) is 1.49. The molecule has 4 nitrogen and oxygen atoms in total. The topological polar surface area (TPSA) is 41.6 Å². The van der Waals surface area contributed by atoms with Crippen LogP contribution in [0.25, 0.3) is 0 Å². The monoisotopic (exact) mass is 210 g/mol. The lowest BCUT2D eigenvalue weighted by atomic mass is 10.1. The molecule has 0 bridgehead atoms. The first-order chi connectivity index (χ1) is 7.36. The quantitative estimate of drug-likeness (QED) is 0.712. The Labute approximate surface area is 90.3 Å². The molecular formula is C11H18N2O2. The molecule has 0 aliphatic carbocycles. The molecule has 4 heteroatoms. The Balaban J connectivity index is 1.78. The van der Waals surface area contributed by atoms with Gasteiger partial charge in [-0.3, -0.25) is 0 Å². The number of hydrogen-bond acceptors (Lipinski definition) is 2. The summed E-state index contributed by atoms with van der Waals surface area (Å²) in [5, 5.41) is 2.86. The highest BCUT2D eigenvalue weighted by Crippen LogP contribution is 2.12. The van der Waals surface area contributed by atoms with Gasteiger partial charge in [-0.1, -0.05) is 0 Å².